The van der Waals surface area contributed by atoms with E-state index in [2.05, 4.69) is 4.98 Å². The first kappa shape index (κ1) is 7.54. The second-order valence-corrected chi connectivity index (χ2v) is 3.68. The van der Waals surface area contributed by atoms with Crippen molar-refractivity contribution in [2.24, 2.45) is 0 Å². The number of hydrogen-bond acceptors (Lipinski definition) is 4. The third-order valence-corrected chi connectivity index (χ3v) is 2.83. The summed E-state index contributed by atoms with van der Waals surface area (Å²) < 4.78 is 0. The smallest absolute Gasteiger partial charge is 0.266 e. The molecule has 0 fully saturated rings. The Balaban J connectivity index is 2.39. The Bertz CT molecular complexity index is 333. The molecule has 0 aromatic carbocycles. The van der Waals surface area contributed by atoms with E-state index in [0.29, 0.717) is 16.6 Å². The number of nitrogens with two attached hydrogens (primary N) is 1. The summed E-state index contributed by atoms with van der Waals surface area (Å²) in [6.45, 7) is 3.32. The van der Waals surface area contributed by atoms with Crippen molar-refractivity contribution in [3.8, 4) is 0 Å². The molecule has 2 heterocycles. The molecule has 1 aliphatic heterocycles. The number of anilines is 1. The van der Waals surface area contributed by atoms with Crippen LogP contribution in [0.3, 0.4) is 0 Å². The number of aromatic nitrogens is 1. The van der Waals surface area contributed by atoms with Gasteiger partial charge in [-0.1, -0.05) is 11.3 Å². The van der Waals surface area contributed by atoms with Crippen molar-refractivity contribution in [1.29, 1.82) is 0 Å². The summed E-state index contributed by atoms with van der Waals surface area (Å²) in [4.78, 5) is 18.0. The molecule has 0 bridgehead atoms. The predicted molar refractivity (Wildman–Crippen MR) is 46.9 cm³/mol. The second kappa shape index (κ2) is 2.45. The van der Waals surface area contributed by atoms with Crippen molar-refractivity contribution in [1.82, 2.24) is 9.88 Å². The van der Waals surface area contributed by atoms with Gasteiger partial charge in [0.05, 0.1) is 12.2 Å². The minimum absolute atomic E-state index is 0.0710. The van der Waals surface area contributed by atoms with E-state index in [-0.39, 0.29) is 5.91 Å². The first-order valence-electron chi connectivity index (χ1n) is 3.76. The monoisotopic (exact) mass is 183 g/mol. The van der Waals surface area contributed by atoms with E-state index in [1.807, 2.05) is 6.92 Å². The summed E-state index contributed by atoms with van der Waals surface area (Å²) in [5.41, 5.74) is 6.31. The Labute approximate surface area is 74.0 Å². The number of amides is 1. The highest BCUT2D eigenvalue weighted by molar-refractivity contribution is 7.17. The van der Waals surface area contributed by atoms with Gasteiger partial charge in [0.25, 0.3) is 5.91 Å². The molecule has 2 N–H and O–H groups in total. The van der Waals surface area contributed by atoms with Crippen LogP contribution in [-0.4, -0.2) is 22.3 Å². The van der Waals surface area contributed by atoms with Crippen LogP contribution in [0.25, 0.3) is 0 Å². The maximum atomic E-state index is 11.5. The minimum atomic E-state index is 0.0710. The lowest BCUT2D eigenvalue weighted by Crippen LogP contribution is -2.23. The Hall–Kier alpha value is -1.10. The zero-order valence-electron chi connectivity index (χ0n) is 6.70. The Kier molecular flexibility index (Phi) is 1.54. The topological polar surface area (TPSA) is 59.2 Å². The molecule has 0 saturated heterocycles. The van der Waals surface area contributed by atoms with Crippen molar-refractivity contribution in [3.05, 3.63) is 10.6 Å². The van der Waals surface area contributed by atoms with Gasteiger partial charge in [-0.3, -0.25) is 4.79 Å². The van der Waals surface area contributed by atoms with Crippen LogP contribution in [0, 0.1) is 0 Å². The molecule has 5 heteroatoms. The first-order chi connectivity index (χ1) is 5.72. The highest BCUT2D eigenvalue weighted by Crippen LogP contribution is 2.28. The summed E-state index contributed by atoms with van der Waals surface area (Å²) in [6, 6.07) is 0. The minimum Gasteiger partial charge on any atom is -0.375 e. The van der Waals surface area contributed by atoms with Gasteiger partial charge >= 0.3 is 0 Å². The van der Waals surface area contributed by atoms with Crippen LogP contribution in [0.2, 0.25) is 0 Å². The third-order valence-electron chi connectivity index (χ3n) is 1.92. The normalized spacial score (nSPS) is 15.4. The lowest BCUT2D eigenvalue weighted by Gasteiger charge is -2.10. The fourth-order valence-corrected chi connectivity index (χ4v) is 2.11. The fraction of sp³-hybridized carbons (Fsp3) is 0.429. The lowest BCUT2D eigenvalue weighted by atomic mass is 10.4. The standard InChI is InChI=1S/C7H9N3OS/c1-2-10-3-4-5(6(10)11)12-7(8)9-4/h2-3H2,1H3,(H2,8,9). The number of rotatable bonds is 1. The highest BCUT2D eigenvalue weighted by atomic mass is 32.1. The van der Waals surface area contributed by atoms with Crippen molar-refractivity contribution in [3.63, 3.8) is 0 Å². The SMILES string of the molecule is CCN1Cc2nc(N)sc2C1=O. The molecule has 1 amide bonds. The van der Waals surface area contributed by atoms with Crippen LogP contribution in [0.4, 0.5) is 5.13 Å². The Morgan fingerprint density at radius 2 is 2.50 bits per heavy atom. The summed E-state index contributed by atoms with van der Waals surface area (Å²) in [6.07, 6.45) is 0. The van der Waals surface area contributed by atoms with Crippen LogP contribution in [-0.2, 0) is 6.54 Å². The number of fused-ring (bicyclic) bond motifs is 1. The van der Waals surface area contributed by atoms with E-state index >= 15 is 0 Å². The average Bonchev–Trinajstić information content (AvgIpc) is 2.51. The van der Waals surface area contributed by atoms with E-state index in [0.717, 1.165) is 12.2 Å². The lowest BCUT2D eigenvalue weighted by molar-refractivity contribution is 0.0790. The number of nitrogen functional groups attached to an aromatic ring is 1. The summed E-state index contributed by atoms with van der Waals surface area (Å²) in [5, 5.41) is 0.490. The molecule has 1 aromatic heterocycles. The van der Waals surface area contributed by atoms with Gasteiger partial charge in [-0.25, -0.2) is 4.98 Å². The predicted octanol–water partition coefficient (Wildman–Crippen LogP) is 0.701. The maximum absolute atomic E-state index is 11.5. The van der Waals surface area contributed by atoms with Gasteiger partial charge < -0.3 is 10.6 Å². The first-order valence-corrected chi connectivity index (χ1v) is 4.58. The van der Waals surface area contributed by atoms with Gasteiger partial charge in [0.1, 0.15) is 4.88 Å². The molecular formula is C7H9N3OS. The zero-order chi connectivity index (χ0) is 8.72. The van der Waals surface area contributed by atoms with Gasteiger partial charge in [0.2, 0.25) is 0 Å². The molecule has 0 unspecified atom stereocenters. The van der Waals surface area contributed by atoms with Gasteiger partial charge in [-0.15, -0.1) is 0 Å². The molecule has 1 aromatic rings. The number of hydrogen-bond donors (Lipinski definition) is 1. The maximum Gasteiger partial charge on any atom is 0.266 e. The summed E-state index contributed by atoms with van der Waals surface area (Å²) >= 11 is 1.28. The van der Waals surface area contributed by atoms with Gasteiger partial charge in [-0.05, 0) is 6.92 Å². The van der Waals surface area contributed by atoms with E-state index in [4.69, 9.17) is 5.73 Å². The van der Waals surface area contributed by atoms with E-state index in [9.17, 15) is 4.79 Å². The van der Waals surface area contributed by atoms with Crippen molar-refractivity contribution in [2.75, 3.05) is 12.3 Å². The van der Waals surface area contributed by atoms with Crippen LogP contribution >= 0.6 is 11.3 Å². The van der Waals surface area contributed by atoms with Crippen LogP contribution in [0.5, 0.6) is 0 Å². The summed E-state index contributed by atoms with van der Waals surface area (Å²) in [7, 11) is 0. The molecule has 2 rings (SSSR count). The molecule has 64 valence electrons. The van der Waals surface area contributed by atoms with Crippen molar-refractivity contribution in [2.45, 2.75) is 13.5 Å². The number of thiazole rings is 1. The van der Waals surface area contributed by atoms with Crippen LogP contribution in [0.15, 0.2) is 0 Å². The zero-order valence-corrected chi connectivity index (χ0v) is 7.52. The number of carbonyl (C=O) groups is 1. The fourth-order valence-electron chi connectivity index (χ4n) is 1.30. The van der Waals surface area contributed by atoms with E-state index < -0.39 is 0 Å². The van der Waals surface area contributed by atoms with Gasteiger partial charge in [0, 0.05) is 6.54 Å². The number of nitrogens with zero attached hydrogens (tertiary/aromatic N) is 2. The Morgan fingerprint density at radius 3 is 3.08 bits per heavy atom. The molecule has 12 heavy (non-hydrogen) atoms. The molecular weight excluding hydrogens is 174 g/mol. The van der Waals surface area contributed by atoms with Crippen molar-refractivity contribution < 1.29 is 4.79 Å². The molecule has 0 spiro atoms. The van der Waals surface area contributed by atoms with Crippen LogP contribution in [0.1, 0.15) is 22.3 Å². The van der Waals surface area contributed by atoms with E-state index in [1.165, 1.54) is 11.3 Å². The largest absolute Gasteiger partial charge is 0.375 e. The Morgan fingerprint density at radius 1 is 1.75 bits per heavy atom. The number of carbonyl (C=O) groups excluding carboxylic acids is 1. The summed E-state index contributed by atoms with van der Waals surface area (Å²) in [5.74, 6) is 0.0710. The molecule has 0 atom stereocenters. The average molecular weight is 183 g/mol. The molecule has 0 saturated carbocycles. The van der Waals surface area contributed by atoms with Crippen LogP contribution < -0.4 is 5.73 Å². The van der Waals surface area contributed by atoms with Crippen molar-refractivity contribution >= 4 is 22.4 Å². The molecule has 0 aliphatic carbocycles. The van der Waals surface area contributed by atoms with Gasteiger partial charge in [0.15, 0.2) is 5.13 Å². The molecule has 4 nitrogen and oxygen atoms in total. The van der Waals surface area contributed by atoms with Gasteiger partial charge in [-0.2, -0.15) is 0 Å². The third kappa shape index (κ3) is 0.896. The van der Waals surface area contributed by atoms with E-state index in [1.54, 1.807) is 4.90 Å². The highest BCUT2D eigenvalue weighted by Gasteiger charge is 2.29. The molecule has 1 aliphatic rings. The molecule has 0 radical (unpaired) electrons. The second-order valence-electron chi connectivity index (χ2n) is 2.65. The quantitative estimate of drug-likeness (QED) is 0.697.